The highest BCUT2D eigenvalue weighted by molar-refractivity contribution is 6.16. The first-order chi connectivity index (χ1) is 15.8. The van der Waals surface area contributed by atoms with E-state index in [1.807, 2.05) is 36.2 Å². The van der Waals surface area contributed by atoms with Crippen LogP contribution in [0, 0.1) is 5.82 Å². The van der Waals surface area contributed by atoms with Gasteiger partial charge in [0.05, 0.1) is 23.9 Å². The van der Waals surface area contributed by atoms with E-state index in [0.29, 0.717) is 17.8 Å². The second-order valence-electron chi connectivity index (χ2n) is 7.74. The summed E-state index contributed by atoms with van der Waals surface area (Å²) in [5.41, 5.74) is 1.87. The van der Waals surface area contributed by atoms with Crippen LogP contribution >= 0.6 is 12.4 Å². The molecule has 1 heterocycles. The van der Waals surface area contributed by atoms with Gasteiger partial charge in [0.1, 0.15) is 5.82 Å². The summed E-state index contributed by atoms with van der Waals surface area (Å²) >= 11 is 0. The number of hydrogen-bond acceptors (Lipinski definition) is 3. The minimum absolute atomic E-state index is 0. The van der Waals surface area contributed by atoms with Crippen molar-refractivity contribution in [2.45, 2.75) is 12.2 Å². The molecule has 1 unspecified atom stereocenters. The molecule has 3 aromatic carbocycles. The van der Waals surface area contributed by atoms with Crippen LogP contribution in [0.25, 0.3) is 0 Å². The van der Waals surface area contributed by atoms with Gasteiger partial charge < -0.3 is 10.2 Å². The topological polar surface area (TPSA) is 44.7 Å². The highest BCUT2D eigenvalue weighted by Crippen LogP contribution is 2.30. The molecule has 3 aromatic rings. The summed E-state index contributed by atoms with van der Waals surface area (Å²) in [5.74, 6) is -0.851. The fourth-order valence-corrected chi connectivity index (χ4v) is 3.79. The van der Waals surface area contributed by atoms with Crippen LogP contribution in [0.5, 0.6) is 0 Å². The average Bonchev–Trinajstić information content (AvgIpc) is 2.94. The zero-order chi connectivity index (χ0) is 23.6. The fraction of sp³-hybridized carbons (Fsp3) is 0.200. The van der Waals surface area contributed by atoms with E-state index < -0.39 is 17.6 Å². The van der Waals surface area contributed by atoms with Crippen LogP contribution in [-0.2, 0) is 6.18 Å². The zero-order valence-corrected chi connectivity index (χ0v) is 19.0. The number of para-hydroxylation sites is 1. The van der Waals surface area contributed by atoms with E-state index in [1.54, 1.807) is 18.2 Å². The number of carbonyl (C=O) groups excluding carboxylic acids is 1. The van der Waals surface area contributed by atoms with Crippen molar-refractivity contribution in [1.82, 2.24) is 5.32 Å². The molecule has 1 aliphatic heterocycles. The molecule has 0 fully saturated rings. The minimum Gasteiger partial charge on any atom is -0.367 e. The molecule has 178 valence electrons. The van der Waals surface area contributed by atoms with Crippen molar-refractivity contribution in [2.24, 2.45) is 4.99 Å². The molecule has 1 aliphatic rings. The second kappa shape index (κ2) is 10.3. The van der Waals surface area contributed by atoms with Crippen LogP contribution in [0.2, 0.25) is 0 Å². The van der Waals surface area contributed by atoms with Crippen molar-refractivity contribution < 1.29 is 22.4 Å². The monoisotopic (exact) mass is 491 g/mol. The lowest BCUT2D eigenvalue weighted by atomic mass is 10.00. The number of benzene rings is 3. The van der Waals surface area contributed by atoms with Crippen LogP contribution in [0.4, 0.5) is 23.2 Å². The van der Waals surface area contributed by atoms with E-state index >= 15 is 0 Å². The standard InChI is InChI=1S/C25H21F4N3O.ClH/c1-32-18(15-31-24(33)16-10-12-17(13-11-16)25(27,28)29)14-30-23(19-6-2-4-8-21(19)26)20-7-3-5-9-22(20)32;/h2-13,18H,14-15H2,1H3,(H,31,33);1H. The van der Waals surface area contributed by atoms with Crippen molar-refractivity contribution in [3.05, 3.63) is 101 Å². The Morgan fingerprint density at radius 2 is 1.62 bits per heavy atom. The number of nitrogens with zero attached hydrogens (tertiary/aromatic N) is 2. The van der Waals surface area contributed by atoms with Crippen molar-refractivity contribution in [2.75, 3.05) is 25.0 Å². The summed E-state index contributed by atoms with van der Waals surface area (Å²) in [5, 5.41) is 2.78. The summed E-state index contributed by atoms with van der Waals surface area (Å²) in [6.07, 6.45) is -4.46. The van der Waals surface area contributed by atoms with Crippen molar-refractivity contribution in [3.63, 3.8) is 0 Å². The second-order valence-corrected chi connectivity index (χ2v) is 7.74. The summed E-state index contributed by atoms with van der Waals surface area (Å²) in [6, 6.07) is 17.8. The van der Waals surface area contributed by atoms with Crippen molar-refractivity contribution in [1.29, 1.82) is 0 Å². The average molecular weight is 492 g/mol. The SMILES string of the molecule is CN1c2ccccc2C(c2ccccc2F)=NCC1CNC(=O)c1ccc(C(F)(F)F)cc1.Cl. The Morgan fingerprint density at radius 3 is 2.26 bits per heavy atom. The molecule has 0 aliphatic carbocycles. The molecule has 0 saturated heterocycles. The number of alkyl halides is 3. The lowest BCUT2D eigenvalue weighted by Crippen LogP contribution is -2.43. The molecule has 0 saturated carbocycles. The highest BCUT2D eigenvalue weighted by Gasteiger charge is 2.30. The van der Waals surface area contributed by atoms with E-state index in [4.69, 9.17) is 0 Å². The third-order valence-electron chi connectivity index (χ3n) is 5.65. The van der Waals surface area contributed by atoms with Crippen LogP contribution < -0.4 is 10.2 Å². The molecule has 9 heteroatoms. The Hall–Kier alpha value is -3.39. The number of halogens is 5. The van der Waals surface area contributed by atoms with Crippen LogP contribution in [0.1, 0.15) is 27.0 Å². The first-order valence-electron chi connectivity index (χ1n) is 10.3. The highest BCUT2D eigenvalue weighted by atomic mass is 35.5. The number of aliphatic imine (C=N–C) groups is 1. The normalized spacial score (nSPS) is 15.5. The number of benzodiazepines with no additional fused rings is 1. The number of carbonyl (C=O) groups is 1. The molecule has 0 radical (unpaired) electrons. The van der Waals surface area contributed by atoms with Gasteiger partial charge in [0, 0.05) is 36.0 Å². The quantitative estimate of drug-likeness (QED) is 0.500. The van der Waals surface area contributed by atoms with Gasteiger partial charge in [0.2, 0.25) is 0 Å². The Bertz CT molecular complexity index is 1200. The number of rotatable bonds is 4. The number of nitrogens with one attached hydrogen (secondary N) is 1. The first-order valence-corrected chi connectivity index (χ1v) is 10.3. The molecule has 0 aromatic heterocycles. The van der Waals surface area contributed by atoms with Gasteiger partial charge in [-0.25, -0.2) is 4.39 Å². The predicted molar refractivity (Wildman–Crippen MR) is 127 cm³/mol. The number of fused-ring (bicyclic) bond motifs is 1. The summed E-state index contributed by atoms with van der Waals surface area (Å²) in [6.45, 7) is 0.501. The number of likely N-dealkylation sites (N-methyl/N-ethyl adjacent to an activating group) is 1. The van der Waals surface area contributed by atoms with Crippen LogP contribution in [0.3, 0.4) is 0 Å². The van der Waals surface area contributed by atoms with Gasteiger partial charge in [-0.2, -0.15) is 13.2 Å². The zero-order valence-electron chi connectivity index (χ0n) is 18.1. The van der Waals surface area contributed by atoms with Crippen molar-refractivity contribution >= 4 is 29.7 Å². The first kappa shape index (κ1) is 25.2. The van der Waals surface area contributed by atoms with Gasteiger partial charge in [0.25, 0.3) is 5.91 Å². The molecule has 34 heavy (non-hydrogen) atoms. The fourth-order valence-electron chi connectivity index (χ4n) is 3.79. The largest absolute Gasteiger partial charge is 0.416 e. The Morgan fingerprint density at radius 1 is 1.00 bits per heavy atom. The molecule has 1 amide bonds. The van der Waals surface area contributed by atoms with E-state index in [0.717, 1.165) is 35.5 Å². The third-order valence-corrected chi connectivity index (χ3v) is 5.65. The number of amides is 1. The Kier molecular flexibility index (Phi) is 7.61. The van der Waals surface area contributed by atoms with Gasteiger partial charge in [-0.3, -0.25) is 9.79 Å². The maximum Gasteiger partial charge on any atom is 0.416 e. The number of anilines is 1. The Balaban J connectivity index is 0.00000324. The maximum absolute atomic E-state index is 14.5. The van der Waals surface area contributed by atoms with E-state index in [1.165, 1.54) is 6.07 Å². The Labute approximate surface area is 200 Å². The van der Waals surface area contributed by atoms with Crippen molar-refractivity contribution in [3.8, 4) is 0 Å². The molecule has 4 nitrogen and oxygen atoms in total. The predicted octanol–water partition coefficient (Wildman–Crippen LogP) is 5.35. The summed E-state index contributed by atoms with van der Waals surface area (Å²) in [7, 11) is 1.87. The molecular formula is C25H22ClF4N3O. The van der Waals surface area contributed by atoms with E-state index in [-0.39, 0.29) is 36.4 Å². The summed E-state index contributed by atoms with van der Waals surface area (Å²) in [4.78, 5) is 19.2. The molecule has 0 bridgehead atoms. The lowest BCUT2D eigenvalue weighted by molar-refractivity contribution is -0.137. The smallest absolute Gasteiger partial charge is 0.367 e. The van der Waals surface area contributed by atoms with Gasteiger partial charge in [-0.05, 0) is 42.5 Å². The molecule has 1 N–H and O–H groups in total. The summed E-state index contributed by atoms with van der Waals surface area (Å²) < 4.78 is 52.8. The van der Waals surface area contributed by atoms with E-state index in [9.17, 15) is 22.4 Å². The molecular weight excluding hydrogens is 470 g/mol. The van der Waals surface area contributed by atoms with Gasteiger partial charge in [-0.1, -0.05) is 30.3 Å². The van der Waals surface area contributed by atoms with E-state index in [2.05, 4.69) is 10.3 Å². The maximum atomic E-state index is 14.5. The van der Waals surface area contributed by atoms with Crippen LogP contribution in [-0.4, -0.2) is 37.8 Å². The van der Waals surface area contributed by atoms with Gasteiger partial charge in [-0.15, -0.1) is 12.4 Å². The lowest BCUT2D eigenvalue weighted by Gasteiger charge is -2.28. The third kappa shape index (κ3) is 5.22. The van der Waals surface area contributed by atoms with Gasteiger partial charge >= 0.3 is 6.18 Å². The molecule has 0 spiro atoms. The molecule has 1 atom stereocenters. The number of hydrogen-bond donors (Lipinski definition) is 1. The van der Waals surface area contributed by atoms with Crippen LogP contribution in [0.15, 0.2) is 77.8 Å². The van der Waals surface area contributed by atoms with Gasteiger partial charge in [0.15, 0.2) is 0 Å². The molecule has 4 rings (SSSR count). The minimum atomic E-state index is -4.46.